The second-order valence-electron chi connectivity index (χ2n) is 2.24. The summed E-state index contributed by atoms with van der Waals surface area (Å²) in [5, 5.41) is -0.192. The molecule has 0 amide bonds. The molecular formula is C7H5ClF2O2S. The average Bonchev–Trinajstić information content (AvgIpc) is 2.04. The van der Waals surface area contributed by atoms with E-state index in [1.165, 1.54) is 18.2 Å². The Kier molecular flexibility index (Phi) is 2.87. The van der Waals surface area contributed by atoms with Gasteiger partial charge in [0.25, 0.3) is 0 Å². The molecule has 2 nitrogen and oxygen atoms in total. The van der Waals surface area contributed by atoms with E-state index in [4.69, 9.17) is 11.6 Å². The highest BCUT2D eigenvalue weighted by atomic mass is 35.5. The summed E-state index contributed by atoms with van der Waals surface area (Å²) in [5.74, 6) is -3.44. The normalized spacial score (nSPS) is 12.0. The van der Waals surface area contributed by atoms with Gasteiger partial charge in [0.05, 0.1) is 9.92 Å². The van der Waals surface area contributed by atoms with Crippen LogP contribution in [-0.2, 0) is 9.84 Å². The Morgan fingerprint density at radius 3 is 2.23 bits per heavy atom. The minimum absolute atomic E-state index is 0.192. The van der Waals surface area contributed by atoms with Crippen LogP contribution in [0.3, 0.4) is 0 Å². The third kappa shape index (κ3) is 1.97. The van der Waals surface area contributed by atoms with E-state index >= 15 is 0 Å². The zero-order valence-corrected chi connectivity index (χ0v) is 7.82. The lowest BCUT2D eigenvalue weighted by molar-refractivity contribution is 0.235. The summed E-state index contributed by atoms with van der Waals surface area (Å²) in [5.41, 5.74) is 0. The van der Waals surface area contributed by atoms with E-state index in [9.17, 15) is 17.2 Å². The van der Waals surface area contributed by atoms with Crippen LogP contribution in [-0.4, -0.2) is 14.2 Å². The molecule has 0 aliphatic rings. The van der Waals surface area contributed by atoms with E-state index < -0.39 is 20.5 Å². The SMILES string of the molecule is O=S(=O)(c1ccccc1Cl)C(F)F. The molecule has 0 spiro atoms. The van der Waals surface area contributed by atoms with Crippen LogP contribution in [0.15, 0.2) is 29.2 Å². The van der Waals surface area contributed by atoms with Crippen molar-refractivity contribution in [1.82, 2.24) is 0 Å². The number of hydrogen-bond acceptors (Lipinski definition) is 2. The zero-order valence-electron chi connectivity index (χ0n) is 6.25. The summed E-state index contributed by atoms with van der Waals surface area (Å²) >= 11 is 5.44. The maximum atomic E-state index is 12.0. The van der Waals surface area contributed by atoms with Crippen molar-refractivity contribution in [2.75, 3.05) is 0 Å². The maximum absolute atomic E-state index is 12.0. The van der Waals surface area contributed by atoms with Crippen molar-refractivity contribution in [1.29, 1.82) is 0 Å². The Labute approximate surface area is 79.1 Å². The lowest BCUT2D eigenvalue weighted by atomic mass is 10.4. The first-order chi connectivity index (χ1) is 5.96. The minimum Gasteiger partial charge on any atom is -0.218 e. The molecule has 13 heavy (non-hydrogen) atoms. The van der Waals surface area contributed by atoms with Crippen LogP contribution in [0.4, 0.5) is 8.78 Å². The third-order valence-corrected chi connectivity index (χ3v) is 3.26. The van der Waals surface area contributed by atoms with Crippen molar-refractivity contribution in [3.8, 4) is 0 Å². The number of rotatable bonds is 2. The fourth-order valence-electron chi connectivity index (χ4n) is 0.771. The number of alkyl halides is 2. The summed E-state index contributed by atoms with van der Waals surface area (Å²) < 4.78 is 45.9. The van der Waals surface area contributed by atoms with Gasteiger partial charge in [0, 0.05) is 0 Å². The van der Waals surface area contributed by atoms with Crippen LogP contribution in [0, 0.1) is 0 Å². The highest BCUT2D eigenvalue weighted by molar-refractivity contribution is 7.91. The maximum Gasteiger partial charge on any atom is 0.341 e. The summed E-state index contributed by atoms with van der Waals surface area (Å²) in [6.45, 7) is 0. The van der Waals surface area contributed by atoms with Gasteiger partial charge in [-0.2, -0.15) is 8.78 Å². The Hall–Kier alpha value is -0.680. The van der Waals surface area contributed by atoms with Crippen LogP contribution >= 0.6 is 11.6 Å². The molecule has 0 saturated carbocycles. The van der Waals surface area contributed by atoms with Gasteiger partial charge >= 0.3 is 5.76 Å². The van der Waals surface area contributed by atoms with E-state index in [0.717, 1.165) is 6.07 Å². The van der Waals surface area contributed by atoms with Crippen LogP contribution in [0.2, 0.25) is 5.02 Å². The Morgan fingerprint density at radius 2 is 1.77 bits per heavy atom. The van der Waals surface area contributed by atoms with Gasteiger partial charge < -0.3 is 0 Å². The molecule has 0 saturated heterocycles. The Bertz CT molecular complexity index is 403. The number of benzene rings is 1. The molecule has 0 unspecified atom stereocenters. The topological polar surface area (TPSA) is 34.1 Å². The lowest BCUT2D eigenvalue weighted by Crippen LogP contribution is -2.11. The van der Waals surface area contributed by atoms with Gasteiger partial charge in [-0.05, 0) is 12.1 Å². The molecule has 6 heteroatoms. The van der Waals surface area contributed by atoms with Crippen molar-refractivity contribution < 1.29 is 17.2 Å². The van der Waals surface area contributed by atoms with Gasteiger partial charge in [0.15, 0.2) is 0 Å². The first-order valence-corrected chi connectivity index (χ1v) is 5.15. The van der Waals surface area contributed by atoms with Crippen molar-refractivity contribution in [2.24, 2.45) is 0 Å². The van der Waals surface area contributed by atoms with Gasteiger partial charge in [-0.15, -0.1) is 0 Å². The predicted molar refractivity (Wildman–Crippen MR) is 44.6 cm³/mol. The molecule has 0 N–H and O–H groups in total. The van der Waals surface area contributed by atoms with Crippen molar-refractivity contribution in [3.63, 3.8) is 0 Å². The predicted octanol–water partition coefficient (Wildman–Crippen LogP) is 2.34. The van der Waals surface area contributed by atoms with Crippen LogP contribution < -0.4 is 0 Å². The minimum atomic E-state index is -4.57. The molecule has 0 fully saturated rings. The molecule has 1 aromatic carbocycles. The lowest BCUT2D eigenvalue weighted by Gasteiger charge is -2.03. The molecule has 0 bridgehead atoms. The van der Waals surface area contributed by atoms with Crippen LogP contribution in [0.5, 0.6) is 0 Å². The molecule has 0 heterocycles. The zero-order chi connectivity index (χ0) is 10.1. The second-order valence-corrected chi connectivity index (χ2v) is 4.53. The summed E-state index contributed by atoms with van der Waals surface area (Å²) in [6, 6.07) is 5.09. The van der Waals surface area contributed by atoms with E-state index in [2.05, 4.69) is 0 Å². The van der Waals surface area contributed by atoms with E-state index in [0.29, 0.717) is 0 Å². The molecular weight excluding hydrogens is 222 g/mol. The summed E-state index contributed by atoms with van der Waals surface area (Å²) in [6.07, 6.45) is 0. The molecule has 0 radical (unpaired) electrons. The van der Waals surface area contributed by atoms with Gasteiger partial charge in [-0.1, -0.05) is 23.7 Å². The average molecular weight is 227 g/mol. The van der Waals surface area contributed by atoms with Gasteiger partial charge in [-0.3, -0.25) is 0 Å². The summed E-state index contributed by atoms with van der Waals surface area (Å²) in [4.78, 5) is -0.535. The van der Waals surface area contributed by atoms with Crippen molar-refractivity contribution in [2.45, 2.75) is 10.7 Å². The molecule has 72 valence electrons. The monoisotopic (exact) mass is 226 g/mol. The first-order valence-electron chi connectivity index (χ1n) is 3.23. The van der Waals surface area contributed by atoms with E-state index in [1.54, 1.807) is 0 Å². The Balaban J connectivity index is 3.32. The molecule has 1 aromatic rings. The fraction of sp³-hybridized carbons (Fsp3) is 0.143. The van der Waals surface area contributed by atoms with E-state index in [-0.39, 0.29) is 5.02 Å². The summed E-state index contributed by atoms with van der Waals surface area (Å²) in [7, 11) is -4.57. The third-order valence-electron chi connectivity index (χ3n) is 1.38. The van der Waals surface area contributed by atoms with Gasteiger partial charge in [0.1, 0.15) is 0 Å². The fourth-order valence-corrected chi connectivity index (χ4v) is 2.03. The van der Waals surface area contributed by atoms with Crippen molar-refractivity contribution in [3.05, 3.63) is 29.3 Å². The highest BCUT2D eigenvalue weighted by Gasteiger charge is 2.28. The molecule has 0 aliphatic heterocycles. The highest BCUT2D eigenvalue weighted by Crippen LogP contribution is 2.25. The standard InChI is InChI=1S/C7H5ClF2O2S/c8-5-3-1-2-4-6(5)13(11,12)7(9)10/h1-4,7H. The van der Waals surface area contributed by atoms with Crippen LogP contribution in [0.25, 0.3) is 0 Å². The van der Waals surface area contributed by atoms with Gasteiger partial charge in [0.2, 0.25) is 9.84 Å². The molecule has 1 rings (SSSR count). The number of halogens is 3. The van der Waals surface area contributed by atoms with Crippen molar-refractivity contribution >= 4 is 21.4 Å². The number of hydrogen-bond donors (Lipinski definition) is 0. The molecule has 0 atom stereocenters. The van der Waals surface area contributed by atoms with E-state index in [1.807, 2.05) is 0 Å². The molecule has 0 aromatic heterocycles. The Morgan fingerprint density at radius 1 is 1.23 bits per heavy atom. The number of sulfone groups is 1. The quantitative estimate of drug-likeness (QED) is 0.776. The second kappa shape index (κ2) is 3.59. The first kappa shape index (κ1) is 10.4. The molecule has 0 aliphatic carbocycles. The van der Waals surface area contributed by atoms with Crippen LogP contribution in [0.1, 0.15) is 0 Å². The van der Waals surface area contributed by atoms with Gasteiger partial charge in [-0.25, -0.2) is 8.42 Å². The smallest absolute Gasteiger partial charge is 0.218 e. The largest absolute Gasteiger partial charge is 0.341 e.